The molecule has 2 aliphatic rings. The molecule has 0 radical (unpaired) electrons. The van der Waals surface area contributed by atoms with Crippen molar-refractivity contribution in [2.45, 2.75) is 24.8 Å². The molecule has 0 unspecified atom stereocenters. The molecule has 3 atom stereocenters. The number of carbonyl (C=O) groups excluding carboxylic acids is 2. The number of nitrogens with one attached hydrogen (secondary N) is 2. The number of fused-ring (bicyclic) bond motifs is 3. The van der Waals surface area contributed by atoms with Crippen LogP contribution < -0.4 is 15.7 Å². The Morgan fingerprint density at radius 3 is 2.93 bits per heavy atom. The number of allylic oxidation sites excluding steroid dienone is 2. The second-order valence-electron chi connectivity index (χ2n) is 6.91. The molecule has 6 nitrogen and oxygen atoms in total. The zero-order valence-corrected chi connectivity index (χ0v) is 14.7. The maximum absolute atomic E-state index is 12.3. The second-order valence-corrected chi connectivity index (χ2v) is 6.91. The van der Waals surface area contributed by atoms with Crippen molar-refractivity contribution in [2.75, 3.05) is 11.9 Å². The van der Waals surface area contributed by atoms with E-state index in [0.717, 1.165) is 23.4 Å². The van der Waals surface area contributed by atoms with E-state index < -0.39 is 5.97 Å². The fourth-order valence-electron chi connectivity index (χ4n) is 3.97. The van der Waals surface area contributed by atoms with Crippen molar-refractivity contribution >= 4 is 17.6 Å². The normalized spacial score (nSPS) is 22.4. The van der Waals surface area contributed by atoms with Crippen LogP contribution in [0.2, 0.25) is 0 Å². The Labute approximate surface area is 157 Å². The summed E-state index contributed by atoms with van der Waals surface area (Å²) in [5.41, 5.74) is 3.65. The number of nitrogens with zero attached hydrogens (tertiary/aromatic N) is 1. The van der Waals surface area contributed by atoms with Crippen molar-refractivity contribution in [3.8, 4) is 0 Å². The smallest absolute Gasteiger partial charge is 0.251 e. The SMILES string of the molecule is O=C([O-])CCNC(=O)c1ccc2c(c1)[C@H]1C=CC[C@@H]1[C@@H](c1ccccn1)N2. The van der Waals surface area contributed by atoms with E-state index in [1.165, 1.54) is 0 Å². The molecular formula is C21H20N3O3-. The van der Waals surface area contributed by atoms with Gasteiger partial charge in [0, 0.05) is 42.3 Å². The van der Waals surface area contributed by atoms with E-state index in [1.54, 1.807) is 6.07 Å². The third-order valence-electron chi connectivity index (χ3n) is 5.25. The van der Waals surface area contributed by atoms with Gasteiger partial charge in [-0.05, 0) is 48.2 Å². The first-order chi connectivity index (χ1) is 13.1. The highest BCUT2D eigenvalue weighted by molar-refractivity contribution is 5.95. The summed E-state index contributed by atoms with van der Waals surface area (Å²) in [7, 11) is 0. The van der Waals surface area contributed by atoms with Gasteiger partial charge < -0.3 is 20.5 Å². The summed E-state index contributed by atoms with van der Waals surface area (Å²) in [5, 5.41) is 16.7. The molecule has 4 rings (SSSR count). The van der Waals surface area contributed by atoms with Crippen molar-refractivity contribution < 1.29 is 14.7 Å². The topological polar surface area (TPSA) is 94.1 Å². The number of pyridine rings is 1. The minimum absolute atomic E-state index is 0.0597. The molecule has 2 aromatic rings. The summed E-state index contributed by atoms with van der Waals surface area (Å²) < 4.78 is 0. The summed E-state index contributed by atoms with van der Waals surface area (Å²) in [6.45, 7) is 0.0597. The summed E-state index contributed by atoms with van der Waals surface area (Å²) in [6, 6.07) is 11.7. The minimum Gasteiger partial charge on any atom is -0.550 e. The van der Waals surface area contributed by atoms with Crippen molar-refractivity contribution in [1.82, 2.24) is 10.3 Å². The number of benzene rings is 1. The molecule has 0 saturated heterocycles. The predicted molar refractivity (Wildman–Crippen MR) is 99.0 cm³/mol. The fraction of sp³-hybridized carbons (Fsp3) is 0.286. The summed E-state index contributed by atoms with van der Waals surface area (Å²) in [6.07, 6.45) is 6.97. The van der Waals surface area contributed by atoms with E-state index in [4.69, 9.17) is 0 Å². The molecule has 2 heterocycles. The molecule has 0 saturated carbocycles. The van der Waals surface area contributed by atoms with Gasteiger partial charge in [-0.25, -0.2) is 0 Å². The lowest BCUT2D eigenvalue weighted by Gasteiger charge is -2.37. The maximum Gasteiger partial charge on any atom is 0.251 e. The predicted octanol–water partition coefficient (Wildman–Crippen LogP) is 1.78. The van der Waals surface area contributed by atoms with Gasteiger partial charge in [-0.3, -0.25) is 9.78 Å². The number of carbonyl (C=O) groups is 2. The van der Waals surface area contributed by atoms with Gasteiger partial charge in [0.25, 0.3) is 5.91 Å². The van der Waals surface area contributed by atoms with Crippen molar-refractivity contribution in [2.24, 2.45) is 5.92 Å². The largest absolute Gasteiger partial charge is 0.550 e. The molecular weight excluding hydrogens is 342 g/mol. The van der Waals surface area contributed by atoms with E-state index in [9.17, 15) is 14.7 Å². The lowest BCUT2D eigenvalue weighted by atomic mass is 9.77. The van der Waals surface area contributed by atoms with Gasteiger partial charge in [0.15, 0.2) is 0 Å². The van der Waals surface area contributed by atoms with Crippen LogP contribution >= 0.6 is 0 Å². The van der Waals surface area contributed by atoms with Gasteiger partial charge in [-0.2, -0.15) is 0 Å². The fourth-order valence-corrected chi connectivity index (χ4v) is 3.97. The molecule has 0 fully saturated rings. The van der Waals surface area contributed by atoms with Crippen LogP contribution in [-0.4, -0.2) is 23.4 Å². The molecule has 138 valence electrons. The summed E-state index contributed by atoms with van der Waals surface area (Å²) in [5.74, 6) is -0.873. The Kier molecular flexibility index (Phi) is 4.62. The van der Waals surface area contributed by atoms with E-state index in [-0.39, 0.29) is 30.8 Å². The number of amides is 1. The molecule has 2 N–H and O–H groups in total. The van der Waals surface area contributed by atoms with Gasteiger partial charge in [-0.1, -0.05) is 18.2 Å². The quantitative estimate of drug-likeness (QED) is 0.791. The van der Waals surface area contributed by atoms with Gasteiger partial charge in [0.2, 0.25) is 0 Å². The van der Waals surface area contributed by atoms with Crippen molar-refractivity contribution in [1.29, 1.82) is 0 Å². The standard InChI is InChI=1S/C21H21N3O3/c25-19(26)9-11-23-21(27)13-7-8-17-16(12-13)14-4-3-5-15(14)20(24-17)18-6-1-2-10-22-18/h1-4,6-8,10,12,14-15,20,24H,5,9,11H2,(H,23,27)(H,25,26)/p-1/t14-,15-,20-/m0/s1. The van der Waals surface area contributed by atoms with Crippen LogP contribution in [-0.2, 0) is 4.79 Å². The van der Waals surface area contributed by atoms with Crippen LogP contribution in [0.3, 0.4) is 0 Å². The second kappa shape index (κ2) is 7.23. The number of aliphatic carboxylic acids is 1. The molecule has 1 aromatic carbocycles. The molecule has 6 heteroatoms. The first-order valence-electron chi connectivity index (χ1n) is 9.09. The average Bonchev–Trinajstić information content (AvgIpc) is 3.17. The van der Waals surface area contributed by atoms with Crippen molar-refractivity contribution in [3.05, 3.63) is 71.6 Å². The first kappa shape index (κ1) is 17.3. The van der Waals surface area contributed by atoms with E-state index >= 15 is 0 Å². The number of hydrogen-bond acceptors (Lipinski definition) is 5. The summed E-state index contributed by atoms with van der Waals surface area (Å²) >= 11 is 0. The number of carboxylic acid groups (broad SMARTS) is 1. The molecule has 1 amide bonds. The van der Waals surface area contributed by atoms with Gasteiger partial charge >= 0.3 is 0 Å². The highest BCUT2D eigenvalue weighted by Crippen LogP contribution is 2.49. The Morgan fingerprint density at radius 2 is 2.15 bits per heavy atom. The van der Waals surface area contributed by atoms with Crippen LogP contribution in [0.1, 0.15) is 46.4 Å². The monoisotopic (exact) mass is 362 g/mol. The van der Waals surface area contributed by atoms with Crippen molar-refractivity contribution in [3.63, 3.8) is 0 Å². The van der Waals surface area contributed by atoms with E-state index in [2.05, 4.69) is 27.8 Å². The zero-order valence-electron chi connectivity index (χ0n) is 14.7. The summed E-state index contributed by atoms with van der Waals surface area (Å²) in [4.78, 5) is 27.3. The Hall–Kier alpha value is -3.15. The first-order valence-corrected chi connectivity index (χ1v) is 9.09. The molecule has 1 aliphatic heterocycles. The number of anilines is 1. The van der Waals surface area contributed by atoms with Gasteiger partial charge in [0.05, 0.1) is 11.7 Å². The van der Waals surface area contributed by atoms with E-state index in [0.29, 0.717) is 11.5 Å². The van der Waals surface area contributed by atoms with Gasteiger partial charge in [0.1, 0.15) is 0 Å². The number of carboxylic acids is 1. The average molecular weight is 362 g/mol. The molecule has 27 heavy (non-hydrogen) atoms. The Morgan fingerprint density at radius 1 is 1.26 bits per heavy atom. The van der Waals surface area contributed by atoms with Crippen LogP contribution in [0.25, 0.3) is 0 Å². The van der Waals surface area contributed by atoms with Crippen LogP contribution in [0.15, 0.2) is 54.7 Å². The highest BCUT2D eigenvalue weighted by Gasteiger charge is 2.38. The van der Waals surface area contributed by atoms with Crippen LogP contribution in [0, 0.1) is 5.92 Å². The maximum atomic E-state index is 12.3. The molecule has 1 aliphatic carbocycles. The number of hydrogen-bond donors (Lipinski definition) is 2. The highest BCUT2D eigenvalue weighted by atomic mass is 16.4. The number of rotatable bonds is 5. The minimum atomic E-state index is -1.18. The Bertz CT molecular complexity index is 895. The van der Waals surface area contributed by atoms with Crippen LogP contribution in [0.5, 0.6) is 0 Å². The third-order valence-corrected chi connectivity index (χ3v) is 5.25. The Balaban J connectivity index is 1.59. The van der Waals surface area contributed by atoms with Crippen LogP contribution in [0.4, 0.5) is 5.69 Å². The van der Waals surface area contributed by atoms with E-state index in [1.807, 2.05) is 36.5 Å². The lowest BCUT2D eigenvalue weighted by Crippen LogP contribution is -2.32. The van der Waals surface area contributed by atoms with Gasteiger partial charge in [-0.15, -0.1) is 0 Å². The molecule has 0 spiro atoms. The lowest BCUT2D eigenvalue weighted by molar-refractivity contribution is -0.305. The zero-order chi connectivity index (χ0) is 18.8. The molecule has 1 aromatic heterocycles. The molecule has 0 bridgehead atoms. The number of aromatic nitrogens is 1. The third kappa shape index (κ3) is 3.43.